The Bertz CT molecular complexity index is 469. The Kier molecular flexibility index (Phi) is 9.01. The number of aryl methyl sites for hydroxylation is 1. The number of rotatable bonds is 3. The van der Waals surface area contributed by atoms with E-state index in [-0.39, 0.29) is 11.8 Å². The summed E-state index contributed by atoms with van der Waals surface area (Å²) in [4.78, 5) is 27.3. The van der Waals surface area contributed by atoms with E-state index >= 15 is 0 Å². The number of methoxy groups -OCH3 is 1. The molecule has 2 rings (SSSR count). The second-order valence-electron chi connectivity index (χ2n) is 4.13. The molecule has 1 aliphatic rings. The largest absolute Gasteiger partial charge is 0.465 e. The third kappa shape index (κ3) is 5.94. The Morgan fingerprint density at radius 1 is 1.24 bits per heavy atom. The fourth-order valence-electron chi connectivity index (χ4n) is 1.52. The van der Waals surface area contributed by atoms with Gasteiger partial charge in [-0.15, -0.1) is 0 Å². The Morgan fingerprint density at radius 3 is 2.29 bits per heavy atom. The van der Waals surface area contributed by atoms with E-state index in [1.165, 1.54) is 13.3 Å². The highest BCUT2D eigenvalue weighted by atomic mass is 16.5. The first kappa shape index (κ1) is 19.1. The summed E-state index contributed by atoms with van der Waals surface area (Å²) in [5.41, 5.74) is 1.46. The van der Waals surface area contributed by atoms with Gasteiger partial charge in [0.05, 0.1) is 24.6 Å². The minimum Gasteiger partial charge on any atom is -0.465 e. The van der Waals surface area contributed by atoms with Gasteiger partial charge in [0.15, 0.2) is 0 Å². The van der Waals surface area contributed by atoms with E-state index in [4.69, 9.17) is 0 Å². The van der Waals surface area contributed by atoms with Crippen LogP contribution in [0, 0.1) is 12.8 Å². The average Bonchev–Trinajstić information content (AvgIpc) is 3.37. The van der Waals surface area contributed by atoms with Gasteiger partial charge in [0.2, 0.25) is 5.91 Å². The second kappa shape index (κ2) is 9.91. The summed E-state index contributed by atoms with van der Waals surface area (Å²) < 4.78 is 4.67. The Hall–Kier alpha value is -1.91. The number of nitrogens with one attached hydrogen (secondary N) is 1. The van der Waals surface area contributed by atoms with Crippen molar-refractivity contribution in [1.29, 1.82) is 0 Å². The van der Waals surface area contributed by atoms with Crippen molar-refractivity contribution < 1.29 is 14.3 Å². The standard InChI is InChI=1S/C12H14N2O3.2C2H6/c1-7-5-9(12(16)17-2)10(6-13-7)14-11(15)8-3-4-8;2*1-2/h5-6,8H,3-4H2,1-2H3,(H,14,15);2*1-2H3. The molecule has 0 radical (unpaired) electrons. The number of carbonyl (C=O) groups excluding carboxylic acids is 2. The van der Waals surface area contributed by atoms with Crippen molar-refractivity contribution >= 4 is 17.6 Å². The van der Waals surface area contributed by atoms with Gasteiger partial charge in [-0.3, -0.25) is 9.78 Å². The highest BCUT2D eigenvalue weighted by Crippen LogP contribution is 2.30. The molecule has 0 bridgehead atoms. The van der Waals surface area contributed by atoms with E-state index in [9.17, 15) is 9.59 Å². The van der Waals surface area contributed by atoms with Crippen molar-refractivity contribution in [2.75, 3.05) is 12.4 Å². The molecule has 1 aromatic heterocycles. The molecule has 0 spiro atoms. The summed E-state index contributed by atoms with van der Waals surface area (Å²) in [5.74, 6) is -0.441. The van der Waals surface area contributed by atoms with Gasteiger partial charge >= 0.3 is 5.97 Å². The highest BCUT2D eigenvalue weighted by Gasteiger charge is 2.30. The minimum absolute atomic E-state index is 0.0548. The Labute approximate surface area is 127 Å². The van der Waals surface area contributed by atoms with E-state index in [0.29, 0.717) is 16.9 Å². The normalized spacial score (nSPS) is 12.1. The lowest BCUT2D eigenvalue weighted by molar-refractivity contribution is -0.117. The van der Waals surface area contributed by atoms with Crippen LogP contribution in [0.15, 0.2) is 12.3 Å². The predicted molar refractivity (Wildman–Crippen MR) is 84.4 cm³/mol. The van der Waals surface area contributed by atoms with Gasteiger partial charge in [0.1, 0.15) is 0 Å². The minimum atomic E-state index is -0.471. The van der Waals surface area contributed by atoms with Crippen LogP contribution in [-0.4, -0.2) is 24.0 Å². The summed E-state index contributed by atoms with van der Waals surface area (Å²) in [6.07, 6.45) is 3.32. The van der Waals surface area contributed by atoms with E-state index in [1.807, 2.05) is 27.7 Å². The average molecular weight is 294 g/mol. The molecule has 1 fully saturated rings. The molecular weight excluding hydrogens is 268 g/mol. The van der Waals surface area contributed by atoms with Gasteiger partial charge in [-0.05, 0) is 25.8 Å². The van der Waals surface area contributed by atoms with Crippen molar-refractivity contribution in [3.05, 3.63) is 23.5 Å². The molecule has 0 aromatic carbocycles. The zero-order valence-electron chi connectivity index (χ0n) is 13.8. The lowest BCUT2D eigenvalue weighted by Crippen LogP contribution is -2.17. The van der Waals surface area contributed by atoms with Crippen LogP contribution in [0.3, 0.4) is 0 Å². The van der Waals surface area contributed by atoms with E-state index in [1.54, 1.807) is 13.0 Å². The van der Waals surface area contributed by atoms with Gasteiger partial charge < -0.3 is 10.1 Å². The first-order chi connectivity index (χ1) is 10.1. The summed E-state index contributed by atoms with van der Waals surface area (Å²) in [5, 5.41) is 2.71. The number of ether oxygens (including phenoxy) is 1. The predicted octanol–water partition coefficient (Wildman–Crippen LogP) is 3.58. The Morgan fingerprint density at radius 2 is 1.81 bits per heavy atom. The molecule has 1 amide bonds. The number of hydrogen-bond donors (Lipinski definition) is 1. The van der Waals surface area contributed by atoms with Gasteiger partial charge in [-0.1, -0.05) is 27.7 Å². The molecule has 1 heterocycles. The summed E-state index contributed by atoms with van der Waals surface area (Å²) in [7, 11) is 1.31. The zero-order valence-corrected chi connectivity index (χ0v) is 13.8. The second-order valence-corrected chi connectivity index (χ2v) is 4.13. The smallest absolute Gasteiger partial charge is 0.340 e. The van der Waals surface area contributed by atoms with Crippen LogP contribution >= 0.6 is 0 Å². The van der Waals surface area contributed by atoms with Crippen molar-refractivity contribution in [3.63, 3.8) is 0 Å². The lowest BCUT2D eigenvalue weighted by Gasteiger charge is -2.09. The number of amides is 1. The van der Waals surface area contributed by atoms with E-state index in [2.05, 4.69) is 15.0 Å². The van der Waals surface area contributed by atoms with Crippen molar-refractivity contribution in [2.45, 2.75) is 47.5 Å². The van der Waals surface area contributed by atoms with Gasteiger partial charge in [-0.25, -0.2) is 4.79 Å². The molecule has 1 aliphatic carbocycles. The SMILES string of the molecule is CC.CC.COC(=O)c1cc(C)ncc1NC(=O)C1CC1. The quantitative estimate of drug-likeness (QED) is 0.865. The van der Waals surface area contributed by atoms with Crippen LogP contribution in [0.1, 0.15) is 56.6 Å². The van der Waals surface area contributed by atoms with Crippen LogP contribution in [-0.2, 0) is 9.53 Å². The molecule has 5 heteroatoms. The van der Waals surface area contributed by atoms with Crippen molar-refractivity contribution in [3.8, 4) is 0 Å². The van der Waals surface area contributed by atoms with Gasteiger partial charge in [0, 0.05) is 11.6 Å². The van der Waals surface area contributed by atoms with Crippen LogP contribution in [0.25, 0.3) is 0 Å². The topological polar surface area (TPSA) is 68.3 Å². The molecule has 1 aromatic rings. The number of anilines is 1. The van der Waals surface area contributed by atoms with Crippen LogP contribution in [0.5, 0.6) is 0 Å². The third-order valence-electron chi connectivity index (χ3n) is 2.65. The van der Waals surface area contributed by atoms with E-state index in [0.717, 1.165) is 12.8 Å². The number of aromatic nitrogens is 1. The van der Waals surface area contributed by atoms with E-state index < -0.39 is 5.97 Å². The van der Waals surface area contributed by atoms with Crippen LogP contribution in [0.2, 0.25) is 0 Å². The van der Waals surface area contributed by atoms with Gasteiger partial charge in [-0.2, -0.15) is 0 Å². The molecule has 118 valence electrons. The molecule has 5 nitrogen and oxygen atoms in total. The van der Waals surface area contributed by atoms with Crippen molar-refractivity contribution in [1.82, 2.24) is 4.98 Å². The molecule has 1 N–H and O–H groups in total. The molecular formula is C16H26N2O3. The fraction of sp³-hybridized carbons (Fsp3) is 0.562. The fourth-order valence-corrected chi connectivity index (χ4v) is 1.52. The summed E-state index contributed by atoms with van der Waals surface area (Å²) >= 11 is 0. The lowest BCUT2D eigenvalue weighted by atomic mass is 10.2. The number of hydrogen-bond acceptors (Lipinski definition) is 4. The molecule has 21 heavy (non-hydrogen) atoms. The highest BCUT2D eigenvalue weighted by molar-refractivity contribution is 6.02. The Balaban J connectivity index is 0.000000921. The third-order valence-corrected chi connectivity index (χ3v) is 2.65. The summed E-state index contributed by atoms with van der Waals surface area (Å²) in [6, 6.07) is 1.61. The molecule has 1 saturated carbocycles. The first-order valence-corrected chi connectivity index (χ1v) is 7.47. The first-order valence-electron chi connectivity index (χ1n) is 7.47. The summed E-state index contributed by atoms with van der Waals surface area (Å²) in [6.45, 7) is 9.78. The number of pyridine rings is 1. The maximum Gasteiger partial charge on any atom is 0.340 e. The van der Waals surface area contributed by atoms with Gasteiger partial charge in [0.25, 0.3) is 0 Å². The van der Waals surface area contributed by atoms with Crippen molar-refractivity contribution in [2.24, 2.45) is 5.92 Å². The number of esters is 1. The van der Waals surface area contributed by atoms with Crippen LogP contribution in [0.4, 0.5) is 5.69 Å². The number of nitrogens with zero attached hydrogens (tertiary/aromatic N) is 1. The zero-order chi connectivity index (χ0) is 16.4. The molecule has 0 unspecified atom stereocenters. The maximum atomic E-state index is 11.6. The van der Waals surface area contributed by atoms with Crippen LogP contribution < -0.4 is 5.32 Å². The molecule has 0 saturated heterocycles. The molecule has 0 atom stereocenters. The maximum absolute atomic E-state index is 11.6. The monoisotopic (exact) mass is 294 g/mol. The molecule has 0 aliphatic heterocycles. The number of carbonyl (C=O) groups is 2.